The molecular formula is C16H14F2N8O2. The molecule has 4 aromatic heterocycles. The van der Waals surface area contributed by atoms with E-state index in [-0.39, 0.29) is 12.5 Å². The smallest absolute Gasteiger partial charge is 0.388 e. The Labute approximate surface area is 156 Å². The third-order valence-electron chi connectivity index (χ3n) is 3.87. The molecule has 0 radical (unpaired) electrons. The van der Waals surface area contributed by atoms with Gasteiger partial charge >= 0.3 is 6.61 Å². The highest BCUT2D eigenvalue weighted by molar-refractivity contribution is 5.72. The number of aliphatic hydroxyl groups excluding tert-OH is 1. The number of alkyl halides is 2. The Balaban J connectivity index is 1.63. The molecule has 4 aromatic rings. The van der Waals surface area contributed by atoms with Gasteiger partial charge in [-0.05, 0) is 11.6 Å². The van der Waals surface area contributed by atoms with Crippen LogP contribution in [0.5, 0.6) is 5.88 Å². The lowest BCUT2D eigenvalue weighted by Crippen LogP contribution is -2.17. The zero-order chi connectivity index (χ0) is 19.5. The fourth-order valence-electron chi connectivity index (χ4n) is 2.66. The normalized spacial score (nSPS) is 12.4. The van der Waals surface area contributed by atoms with Crippen LogP contribution in [0.1, 0.15) is 11.6 Å². The first-order chi connectivity index (χ1) is 13.6. The van der Waals surface area contributed by atoms with Gasteiger partial charge in [0.05, 0.1) is 19.0 Å². The molecule has 1 unspecified atom stereocenters. The molecule has 1 atom stereocenters. The highest BCUT2D eigenvalue weighted by Crippen LogP contribution is 2.23. The molecule has 0 saturated carbocycles. The summed E-state index contributed by atoms with van der Waals surface area (Å²) < 4.78 is 30.2. The van der Waals surface area contributed by atoms with Gasteiger partial charge in [-0.25, -0.2) is 14.6 Å². The molecule has 0 aliphatic carbocycles. The average Bonchev–Trinajstić information content (AvgIpc) is 3.30. The van der Waals surface area contributed by atoms with Crippen LogP contribution in [-0.2, 0) is 0 Å². The number of aromatic amines is 1. The zero-order valence-electron chi connectivity index (χ0n) is 14.2. The van der Waals surface area contributed by atoms with E-state index in [1.54, 1.807) is 23.1 Å². The van der Waals surface area contributed by atoms with Gasteiger partial charge in [0.15, 0.2) is 11.5 Å². The molecule has 10 nitrogen and oxygen atoms in total. The number of hydrogen-bond acceptors (Lipinski definition) is 8. The lowest BCUT2D eigenvalue weighted by molar-refractivity contribution is -0.0528. The van der Waals surface area contributed by atoms with Crippen LogP contribution in [0.4, 0.5) is 20.4 Å². The van der Waals surface area contributed by atoms with E-state index < -0.39 is 12.7 Å². The number of anilines is 2. The van der Waals surface area contributed by atoms with Crippen LogP contribution in [0.2, 0.25) is 0 Å². The van der Waals surface area contributed by atoms with Gasteiger partial charge in [-0.3, -0.25) is 10.1 Å². The number of hydrogen-bond donors (Lipinski definition) is 3. The van der Waals surface area contributed by atoms with Crippen molar-refractivity contribution in [3.8, 4) is 5.88 Å². The number of nitrogens with one attached hydrogen (secondary N) is 2. The lowest BCUT2D eigenvalue weighted by Gasteiger charge is -2.15. The van der Waals surface area contributed by atoms with Crippen LogP contribution in [0, 0.1) is 0 Å². The molecule has 0 aliphatic rings. The number of aromatic nitrogens is 7. The van der Waals surface area contributed by atoms with Gasteiger partial charge < -0.3 is 15.2 Å². The number of ether oxygens (including phenoxy) is 1. The fourth-order valence-corrected chi connectivity index (χ4v) is 2.66. The predicted molar refractivity (Wildman–Crippen MR) is 93.3 cm³/mol. The van der Waals surface area contributed by atoms with Gasteiger partial charge in [-0.1, -0.05) is 6.07 Å². The Kier molecular flexibility index (Phi) is 4.76. The summed E-state index contributed by atoms with van der Waals surface area (Å²) in [5.41, 5.74) is 1.72. The topological polar surface area (TPSA) is 127 Å². The van der Waals surface area contributed by atoms with Gasteiger partial charge in [-0.15, -0.1) is 5.10 Å². The first-order valence-corrected chi connectivity index (χ1v) is 8.12. The third kappa shape index (κ3) is 3.57. The first-order valence-electron chi connectivity index (χ1n) is 8.12. The molecule has 0 aliphatic heterocycles. The van der Waals surface area contributed by atoms with E-state index in [0.29, 0.717) is 22.8 Å². The summed E-state index contributed by atoms with van der Waals surface area (Å²) in [6.45, 7) is -3.18. The Morgan fingerprint density at radius 3 is 2.93 bits per heavy atom. The van der Waals surface area contributed by atoms with E-state index in [0.717, 1.165) is 5.56 Å². The quantitative estimate of drug-likeness (QED) is 0.438. The van der Waals surface area contributed by atoms with Crippen LogP contribution in [-0.4, -0.2) is 53.3 Å². The number of rotatable bonds is 7. The molecule has 3 N–H and O–H groups in total. The summed E-state index contributed by atoms with van der Waals surface area (Å²) in [5.74, 6) is 0.360. The van der Waals surface area contributed by atoms with Crippen molar-refractivity contribution >= 4 is 22.8 Å². The summed E-state index contributed by atoms with van der Waals surface area (Å²) >= 11 is 0. The van der Waals surface area contributed by atoms with Gasteiger partial charge in [0.25, 0.3) is 0 Å². The maximum Gasteiger partial charge on any atom is 0.388 e. The highest BCUT2D eigenvalue weighted by atomic mass is 19.3. The van der Waals surface area contributed by atoms with E-state index in [4.69, 9.17) is 0 Å². The second-order valence-corrected chi connectivity index (χ2v) is 5.66. The second-order valence-electron chi connectivity index (χ2n) is 5.66. The maximum atomic E-state index is 12.2. The molecule has 28 heavy (non-hydrogen) atoms. The number of aliphatic hydroxyl groups is 1. The minimum atomic E-state index is -2.97. The summed E-state index contributed by atoms with van der Waals surface area (Å²) in [7, 11) is 0. The third-order valence-corrected chi connectivity index (χ3v) is 3.87. The Bertz CT molecular complexity index is 1070. The second kappa shape index (κ2) is 7.52. The summed E-state index contributed by atoms with van der Waals surface area (Å²) in [6, 6.07) is 4.36. The Morgan fingerprint density at radius 2 is 2.18 bits per heavy atom. The van der Waals surface area contributed by atoms with Crippen molar-refractivity contribution in [1.29, 1.82) is 0 Å². The summed E-state index contributed by atoms with van der Waals surface area (Å²) in [4.78, 5) is 12.8. The van der Waals surface area contributed by atoms with E-state index in [1.165, 1.54) is 18.5 Å². The highest BCUT2D eigenvalue weighted by Gasteiger charge is 2.18. The molecule has 0 amide bonds. The maximum absolute atomic E-state index is 12.2. The SMILES string of the molecule is OCC(c1cccnc1)n1ncc2ncc(Nc3cc(OC(F)F)n[nH]3)nc21. The zero-order valence-corrected chi connectivity index (χ0v) is 14.2. The van der Waals surface area contributed by atoms with Crippen LogP contribution in [0.3, 0.4) is 0 Å². The monoisotopic (exact) mass is 388 g/mol. The molecule has 4 heterocycles. The van der Waals surface area contributed by atoms with E-state index in [2.05, 4.69) is 40.3 Å². The Morgan fingerprint density at radius 1 is 1.29 bits per heavy atom. The minimum Gasteiger partial charge on any atom is -0.415 e. The van der Waals surface area contributed by atoms with Crippen molar-refractivity contribution in [2.24, 2.45) is 0 Å². The Hall–Kier alpha value is -3.67. The van der Waals surface area contributed by atoms with Crippen molar-refractivity contribution in [2.45, 2.75) is 12.7 Å². The fraction of sp³-hybridized carbons (Fsp3) is 0.188. The van der Waals surface area contributed by atoms with Crippen LogP contribution in [0.25, 0.3) is 11.2 Å². The van der Waals surface area contributed by atoms with Crippen LogP contribution >= 0.6 is 0 Å². The number of fused-ring (bicyclic) bond motifs is 1. The standard InChI is InChI=1S/C16H14F2N8O2/c17-16(18)28-14-4-12(24-25-14)22-13-7-20-10-6-21-26(15(10)23-13)11(8-27)9-2-1-3-19-5-9/h1-7,11,16,27H,8H2,(H2,22,23,24,25). The molecule has 12 heteroatoms. The number of H-pyrrole nitrogens is 1. The molecule has 4 rings (SSSR count). The molecule has 0 saturated heterocycles. The lowest BCUT2D eigenvalue weighted by atomic mass is 10.1. The summed E-state index contributed by atoms with van der Waals surface area (Å²) in [6.07, 6.45) is 6.27. The molecule has 144 valence electrons. The van der Waals surface area contributed by atoms with Crippen molar-refractivity contribution < 1.29 is 18.6 Å². The van der Waals surface area contributed by atoms with E-state index in [9.17, 15) is 13.9 Å². The summed E-state index contributed by atoms with van der Waals surface area (Å²) in [5, 5.41) is 23.1. The molecular weight excluding hydrogens is 374 g/mol. The van der Waals surface area contributed by atoms with Crippen LogP contribution in [0.15, 0.2) is 43.0 Å². The predicted octanol–water partition coefficient (Wildman–Crippen LogP) is 1.87. The number of pyridine rings is 1. The molecule has 0 bridgehead atoms. The van der Waals surface area contributed by atoms with E-state index >= 15 is 0 Å². The van der Waals surface area contributed by atoms with Crippen molar-refractivity contribution in [1.82, 2.24) is 34.9 Å². The van der Waals surface area contributed by atoms with Gasteiger partial charge in [0.2, 0.25) is 5.88 Å². The molecule has 0 fully saturated rings. The minimum absolute atomic E-state index is 0.212. The first kappa shape index (κ1) is 17.7. The molecule has 0 spiro atoms. The van der Waals surface area contributed by atoms with Gasteiger partial charge in [0.1, 0.15) is 17.4 Å². The van der Waals surface area contributed by atoms with Crippen molar-refractivity contribution in [3.05, 3.63) is 48.5 Å². The number of halogens is 2. The number of nitrogens with zero attached hydrogens (tertiary/aromatic N) is 6. The van der Waals surface area contributed by atoms with Crippen molar-refractivity contribution in [3.63, 3.8) is 0 Å². The van der Waals surface area contributed by atoms with Gasteiger partial charge in [-0.2, -0.15) is 13.9 Å². The van der Waals surface area contributed by atoms with Crippen molar-refractivity contribution in [2.75, 3.05) is 11.9 Å². The van der Waals surface area contributed by atoms with E-state index in [1.807, 2.05) is 6.07 Å². The molecule has 0 aromatic carbocycles. The van der Waals surface area contributed by atoms with Crippen LogP contribution < -0.4 is 10.1 Å². The largest absolute Gasteiger partial charge is 0.415 e. The average molecular weight is 388 g/mol. The van der Waals surface area contributed by atoms with Gasteiger partial charge in [0, 0.05) is 18.5 Å².